The average Bonchev–Trinajstić information content (AvgIpc) is 3.29. The highest BCUT2D eigenvalue weighted by atomic mass is 32.3. The first-order valence-corrected chi connectivity index (χ1v) is 19.9. The molecule has 246 valence electrons. The van der Waals surface area contributed by atoms with Gasteiger partial charge in [-0.05, 0) is 107 Å². The highest BCUT2D eigenvalue weighted by Crippen LogP contribution is 2.61. The van der Waals surface area contributed by atoms with Crippen LogP contribution in [0.4, 0.5) is 34.1 Å². The number of fused-ring (bicyclic) bond motifs is 4. The lowest BCUT2D eigenvalue weighted by Gasteiger charge is -2.36. The quantitative estimate of drug-likeness (QED) is 0.173. The van der Waals surface area contributed by atoms with Crippen molar-refractivity contribution in [2.75, 3.05) is 22.3 Å². The first kappa shape index (κ1) is 31.0. The lowest BCUT2D eigenvalue weighted by atomic mass is 10.0. The van der Waals surface area contributed by atoms with E-state index in [2.05, 4.69) is 216 Å². The van der Waals surface area contributed by atoms with Crippen LogP contribution in [0.2, 0.25) is 0 Å². The van der Waals surface area contributed by atoms with Crippen molar-refractivity contribution in [3.63, 3.8) is 0 Å². The van der Waals surface area contributed by atoms with Gasteiger partial charge in [-0.25, -0.2) is 0 Å². The summed E-state index contributed by atoms with van der Waals surface area (Å²) >= 11 is 0. The van der Waals surface area contributed by atoms with Crippen molar-refractivity contribution < 1.29 is 0 Å². The van der Waals surface area contributed by atoms with E-state index in [1.807, 2.05) is 0 Å². The third-order valence-electron chi connectivity index (χ3n) is 10.1. The standard InChI is InChI=1S/C48H38N2S/c1-51(2)47-31-29-41(49(39-19-5-3-6-20-39)45-25-13-17-35-15-9-11-23-43(35)45)33-37(47)27-28-38-34-42(30-32-48(38)51)50(40-21-7-4-8-22-40)46-26-14-18-36-16-10-12-24-44(36)46/h3-34H,1-2H3. The SMILES string of the molecule is CS1(C)c2ccc(N(c3ccccc3)c3cccc4ccccc34)cc2C=Cc2cc(N(c3ccccc3)c3cccc4ccccc34)ccc21. The fraction of sp³-hybridized carbons (Fsp3) is 0.0417. The van der Waals surface area contributed by atoms with Crippen LogP contribution in [0.15, 0.2) is 192 Å². The summed E-state index contributed by atoms with van der Waals surface area (Å²) in [5.74, 6) is 0. The summed E-state index contributed by atoms with van der Waals surface area (Å²) in [6.07, 6.45) is 9.55. The predicted octanol–water partition coefficient (Wildman–Crippen LogP) is 13.9. The van der Waals surface area contributed by atoms with Gasteiger partial charge >= 0.3 is 0 Å². The molecule has 51 heavy (non-hydrogen) atoms. The van der Waals surface area contributed by atoms with Crippen LogP contribution in [0.25, 0.3) is 33.7 Å². The third kappa shape index (κ3) is 5.47. The minimum atomic E-state index is -1.35. The van der Waals surface area contributed by atoms with Gasteiger partial charge in [0.05, 0.1) is 11.4 Å². The van der Waals surface area contributed by atoms with Crippen molar-refractivity contribution in [1.29, 1.82) is 0 Å². The molecule has 0 saturated carbocycles. The Labute approximate surface area is 301 Å². The maximum Gasteiger partial charge on any atom is 0.0540 e. The lowest BCUT2D eigenvalue weighted by Crippen LogP contribution is -2.12. The number of nitrogens with zero attached hydrogens (tertiary/aromatic N) is 2. The summed E-state index contributed by atoms with van der Waals surface area (Å²) in [7, 11) is -1.35. The minimum absolute atomic E-state index is 1.14. The van der Waals surface area contributed by atoms with E-state index < -0.39 is 10.0 Å². The Morgan fingerprint density at radius 1 is 0.353 bits per heavy atom. The molecule has 9 rings (SSSR count). The summed E-state index contributed by atoms with van der Waals surface area (Å²) in [4.78, 5) is 7.59. The molecule has 1 aliphatic heterocycles. The second-order valence-electron chi connectivity index (χ2n) is 13.4. The van der Waals surface area contributed by atoms with Gasteiger partial charge in [-0.3, -0.25) is 0 Å². The Hall–Kier alpha value is -6.03. The molecule has 0 radical (unpaired) electrons. The molecule has 0 aromatic heterocycles. The zero-order valence-corrected chi connectivity index (χ0v) is 29.6. The molecule has 0 unspecified atom stereocenters. The van der Waals surface area contributed by atoms with Crippen molar-refractivity contribution in [2.45, 2.75) is 9.79 Å². The summed E-state index contributed by atoms with van der Waals surface area (Å²) in [6.45, 7) is 0. The van der Waals surface area contributed by atoms with E-state index in [1.165, 1.54) is 53.8 Å². The van der Waals surface area contributed by atoms with Crippen LogP contribution in [0, 0.1) is 0 Å². The molecule has 0 spiro atoms. The maximum absolute atomic E-state index is 2.44. The fourth-order valence-electron chi connectivity index (χ4n) is 7.65. The van der Waals surface area contributed by atoms with Crippen LogP contribution in [0.3, 0.4) is 0 Å². The van der Waals surface area contributed by atoms with Crippen molar-refractivity contribution in [2.24, 2.45) is 0 Å². The van der Waals surface area contributed by atoms with E-state index in [1.54, 1.807) is 0 Å². The number of benzene rings is 8. The second-order valence-corrected chi connectivity index (χ2v) is 17.0. The zero-order valence-electron chi connectivity index (χ0n) is 28.8. The van der Waals surface area contributed by atoms with Crippen LogP contribution in [-0.4, -0.2) is 12.5 Å². The number of hydrogen-bond donors (Lipinski definition) is 0. The van der Waals surface area contributed by atoms with Crippen LogP contribution in [0.1, 0.15) is 11.1 Å². The Kier molecular flexibility index (Phi) is 7.71. The van der Waals surface area contributed by atoms with E-state index in [0.717, 1.165) is 22.7 Å². The van der Waals surface area contributed by atoms with Gasteiger partial charge in [-0.1, -0.05) is 121 Å². The number of rotatable bonds is 6. The summed E-state index contributed by atoms with van der Waals surface area (Å²) in [5.41, 5.74) is 9.45. The van der Waals surface area contributed by atoms with Gasteiger partial charge in [0.1, 0.15) is 0 Å². The molecule has 1 aliphatic rings. The molecule has 0 fully saturated rings. The van der Waals surface area contributed by atoms with Gasteiger partial charge < -0.3 is 9.80 Å². The lowest BCUT2D eigenvalue weighted by molar-refractivity contribution is 1.26. The van der Waals surface area contributed by atoms with Crippen molar-refractivity contribution in [1.82, 2.24) is 0 Å². The number of anilines is 6. The maximum atomic E-state index is 2.44. The molecule has 1 heterocycles. The third-order valence-corrected chi connectivity index (χ3v) is 13.0. The van der Waals surface area contributed by atoms with Gasteiger partial charge in [0.25, 0.3) is 0 Å². The normalized spacial score (nSPS) is 13.6. The smallest absolute Gasteiger partial charge is 0.0540 e. The van der Waals surface area contributed by atoms with Crippen molar-refractivity contribution >= 4 is 77.8 Å². The molecule has 0 saturated heterocycles. The molecule has 0 bridgehead atoms. The molecule has 0 amide bonds. The van der Waals surface area contributed by atoms with Gasteiger partial charge in [-0.2, -0.15) is 10.0 Å². The molecule has 0 aliphatic carbocycles. The average molecular weight is 675 g/mol. The van der Waals surface area contributed by atoms with E-state index in [-0.39, 0.29) is 0 Å². The van der Waals surface area contributed by atoms with Gasteiger partial charge in [0.15, 0.2) is 0 Å². The molecule has 2 nitrogen and oxygen atoms in total. The van der Waals surface area contributed by atoms with E-state index in [4.69, 9.17) is 0 Å². The Morgan fingerprint density at radius 3 is 1.20 bits per heavy atom. The van der Waals surface area contributed by atoms with E-state index in [0.29, 0.717) is 0 Å². The molecular weight excluding hydrogens is 637 g/mol. The molecule has 3 heteroatoms. The van der Waals surface area contributed by atoms with E-state index in [9.17, 15) is 0 Å². The monoisotopic (exact) mass is 674 g/mol. The number of para-hydroxylation sites is 2. The first-order valence-electron chi connectivity index (χ1n) is 17.4. The molecular formula is C48H38N2S. The first-order chi connectivity index (χ1) is 25.1. The molecule has 8 aromatic rings. The molecule has 8 aromatic carbocycles. The van der Waals surface area contributed by atoms with Gasteiger partial charge in [-0.15, -0.1) is 0 Å². The topological polar surface area (TPSA) is 6.48 Å². The largest absolute Gasteiger partial charge is 0.310 e. The zero-order chi connectivity index (χ0) is 34.4. The minimum Gasteiger partial charge on any atom is -0.310 e. The van der Waals surface area contributed by atoms with Gasteiger partial charge in [0, 0.05) is 43.3 Å². The Balaban J connectivity index is 1.18. The highest BCUT2D eigenvalue weighted by Gasteiger charge is 2.27. The van der Waals surface area contributed by atoms with Crippen LogP contribution in [0.5, 0.6) is 0 Å². The predicted molar refractivity (Wildman–Crippen MR) is 222 cm³/mol. The fourth-order valence-corrected chi connectivity index (χ4v) is 10.1. The van der Waals surface area contributed by atoms with E-state index >= 15 is 0 Å². The summed E-state index contributed by atoms with van der Waals surface area (Å²) in [6, 6.07) is 66.1. The number of hydrogen-bond acceptors (Lipinski definition) is 2. The van der Waals surface area contributed by atoms with Crippen molar-refractivity contribution in [3.05, 3.63) is 193 Å². The summed E-state index contributed by atoms with van der Waals surface area (Å²) < 4.78 is 0. The van der Waals surface area contributed by atoms with Crippen LogP contribution < -0.4 is 9.80 Å². The molecule has 0 N–H and O–H groups in total. The Bertz CT molecular complexity index is 2380. The highest BCUT2D eigenvalue weighted by molar-refractivity contribution is 8.32. The van der Waals surface area contributed by atoms with Crippen molar-refractivity contribution in [3.8, 4) is 0 Å². The van der Waals surface area contributed by atoms with Gasteiger partial charge in [0.2, 0.25) is 0 Å². The van der Waals surface area contributed by atoms with Crippen LogP contribution >= 0.6 is 10.0 Å². The second kappa shape index (κ2) is 12.7. The van der Waals surface area contributed by atoms with Crippen LogP contribution in [-0.2, 0) is 0 Å². The summed E-state index contributed by atoms with van der Waals surface area (Å²) in [5, 5.41) is 4.93. The Morgan fingerprint density at radius 2 is 0.745 bits per heavy atom. The molecule has 0 atom stereocenters.